The molecule has 1 aromatic heterocycles. The van der Waals surface area contributed by atoms with Gasteiger partial charge in [-0.2, -0.15) is 0 Å². The summed E-state index contributed by atoms with van der Waals surface area (Å²) in [5.41, 5.74) is 2.11. The van der Waals surface area contributed by atoms with Gasteiger partial charge in [-0.05, 0) is 69.0 Å². The number of fused-ring (bicyclic) bond motifs is 2. The molecule has 38 heavy (non-hydrogen) atoms. The van der Waals surface area contributed by atoms with Gasteiger partial charge in [0.15, 0.2) is 0 Å². The van der Waals surface area contributed by atoms with Crippen LogP contribution in [-0.4, -0.2) is 42.0 Å². The van der Waals surface area contributed by atoms with Gasteiger partial charge in [0.05, 0.1) is 12.7 Å². The van der Waals surface area contributed by atoms with Crippen LogP contribution in [0.2, 0.25) is 5.02 Å². The van der Waals surface area contributed by atoms with Crippen molar-refractivity contribution in [2.45, 2.75) is 57.3 Å². The number of nitrogens with zero attached hydrogens (tertiary/aromatic N) is 2. The zero-order valence-electron chi connectivity index (χ0n) is 21.3. The Kier molecular flexibility index (Phi) is 7.51. The Balaban J connectivity index is 1.20. The van der Waals surface area contributed by atoms with Gasteiger partial charge in [0.25, 0.3) is 11.8 Å². The van der Waals surface area contributed by atoms with Crippen molar-refractivity contribution in [3.05, 3.63) is 87.8 Å². The highest BCUT2D eigenvalue weighted by Crippen LogP contribution is 2.38. The van der Waals surface area contributed by atoms with Crippen molar-refractivity contribution in [3.8, 4) is 5.75 Å². The molecule has 3 heterocycles. The van der Waals surface area contributed by atoms with E-state index >= 15 is 0 Å². The lowest BCUT2D eigenvalue weighted by Gasteiger charge is -2.40. The number of methoxy groups -OCH3 is 1. The fourth-order valence-corrected chi connectivity index (χ4v) is 5.89. The van der Waals surface area contributed by atoms with Gasteiger partial charge in [0, 0.05) is 52.6 Å². The number of nitrogens with one attached hydrogen (secondary N) is 2. The van der Waals surface area contributed by atoms with Crippen molar-refractivity contribution >= 4 is 29.2 Å². The number of ether oxygens (including phenoxy) is 1. The Morgan fingerprint density at radius 1 is 1.08 bits per heavy atom. The quantitative estimate of drug-likeness (QED) is 0.441. The molecule has 2 aliphatic heterocycles. The second-order valence-corrected chi connectivity index (χ2v) is 10.3. The van der Waals surface area contributed by atoms with Crippen LogP contribution in [0.25, 0.3) is 0 Å². The Hall–Kier alpha value is -3.65. The zero-order valence-corrected chi connectivity index (χ0v) is 22.1. The number of piperidine rings is 1. The Morgan fingerprint density at radius 2 is 1.82 bits per heavy atom. The van der Waals surface area contributed by atoms with E-state index in [-0.39, 0.29) is 47.1 Å². The summed E-state index contributed by atoms with van der Waals surface area (Å²) < 4.78 is 19.4. The summed E-state index contributed by atoms with van der Waals surface area (Å²) in [6, 6.07) is 14.1. The van der Waals surface area contributed by atoms with Gasteiger partial charge >= 0.3 is 0 Å². The number of halogens is 2. The standard InChI is InChI=1S/C29H30ClFN4O3/c1-17-22(5-3-8-26(17)38-2)29(37)34-19-13-20-10-11-21(14-19)35(20)27-12-9-18(15-32-27)28(36)33-16-23-24(30)6-4-7-25(23)31/h3-9,12,15,19-21H,10-11,13-14,16H2,1-2H3,(H,33,36)(H,34,37)/t19?,20-,21+. The van der Waals surface area contributed by atoms with Crippen LogP contribution in [-0.2, 0) is 6.54 Å². The predicted molar refractivity (Wildman–Crippen MR) is 144 cm³/mol. The van der Waals surface area contributed by atoms with Crippen LogP contribution < -0.4 is 20.3 Å². The number of hydrogen-bond acceptors (Lipinski definition) is 5. The summed E-state index contributed by atoms with van der Waals surface area (Å²) in [6.07, 6.45) is 5.27. The summed E-state index contributed by atoms with van der Waals surface area (Å²) >= 11 is 6.05. The molecule has 0 spiro atoms. The molecule has 3 atom stereocenters. The van der Waals surface area contributed by atoms with Crippen molar-refractivity contribution in [2.24, 2.45) is 0 Å². The van der Waals surface area contributed by atoms with Crippen molar-refractivity contribution in [2.75, 3.05) is 12.0 Å². The first-order valence-corrected chi connectivity index (χ1v) is 13.1. The molecule has 2 aliphatic rings. The van der Waals surface area contributed by atoms with Gasteiger partial charge in [-0.3, -0.25) is 9.59 Å². The third kappa shape index (κ3) is 5.18. The number of rotatable bonds is 7. The number of anilines is 1. The van der Waals surface area contributed by atoms with Crippen molar-refractivity contribution in [1.29, 1.82) is 0 Å². The summed E-state index contributed by atoms with van der Waals surface area (Å²) in [5.74, 6) is 0.636. The van der Waals surface area contributed by atoms with E-state index in [0.717, 1.165) is 37.1 Å². The topological polar surface area (TPSA) is 83.6 Å². The summed E-state index contributed by atoms with van der Waals surface area (Å²) in [4.78, 5) is 32.5. The average molecular weight is 537 g/mol. The summed E-state index contributed by atoms with van der Waals surface area (Å²) in [5, 5.41) is 6.21. The number of carbonyl (C=O) groups is 2. The van der Waals surface area contributed by atoms with Crippen molar-refractivity contribution < 1.29 is 18.7 Å². The van der Waals surface area contributed by atoms with E-state index in [9.17, 15) is 14.0 Å². The fraction of sp³-hybridized carbons (Fsp3) is 0.345. The second-order valence-electron chi connectivity index (χ2n) is 9.85. The van der Waals surface area contributed by atoms with Crippen LogP contribution in [0, 0.1) is 12.7 Å². The Morgan fingerprint density at radius 3 is 2.47 bits per heavy atom. The summed E-state index contributed by atoms with van der Waals surface area (Å²) in [6.45, 7) is 1.88. The van der Waals surface area contributed by atoms with Crippen LogP contribution in [0.1, 0.15) is 57.5 Å². The van der Waals surface area contributed by atoms with E-state index in [2.05, 4.69) is 20.5 Å². The first-order chi connectivity index (χ1) is 18.4. The van der Waals surface area contributed by atoms with Gasteiger partial charge in [0.1, 0.15) is 17.4 Å². The molecule has 0 saturated carbocycles. The molecule has 198 valence electrons. The van der Waals surface area contributed by atoms with Crippen LogP contribution in [0.15, 0.2) is 54.7 Å². The van der Waals surface area contributed by atoms with Crippen LogP contribution in [0.4, 0.5) is 10.2 Å². The molecule has 2 saturated heterocycles. The molecule has 2 amide bonds. The Labute approximate surface area is 226 Å². The van der Waals surface area contributed by atoms with Gasteiger partial charge < -0.3 is 20.3 Å². The number of pyridine rings is 1. The second kappa shape index (κ2) is 11.0. The van der Waals surface area contributed by atoms with Crippen molar-refractivity contribution in [1.82, 2.24) is 15.6 Å². The lowest BCUT2D eigenvalue weighted by molar-refractivity contribution is 0.0923. The summed E-state index contributed by atoms with van der Waals surface area (Å²) in [7, 11) is 1.60. The molecule has 1 unspecified atom stereocenters. The minimum absolute atomic E-state index is 0.00917. The van der Waals surface area contributed by atoms with E-state index in [1.807, 2.05) is 31.2 Å². The van der Waals surface area contributed by atoms with E-state index < -0.39 is 5.82 Å². The SMILES string of the molecule is COc1cccc(C(=O)NC2C[C@H]3CC[C@@H](C2)N3c2ccc(C(=O)NCc3c(F)cccc3Cl)cn2)c1C. The maximum atomic E-state index is 14.0. The van der Waals surface area contributed by atoms with E-state index in [4.69, 9.17) is 16.3 Å². The molecule has 2 fully saturated rings. The number of benzene rings is 2. The van der Waals surface area contributed by atoms with Gasteiger partial charge in [-0.25, -0.2) is 9.37 Å². The third-order valence-corrected chi connectivity index (χ3v) is 7.93. The Bertz CT molecular complexity index is 1320. The molecule has 2 N–H and O–H groups in total. The minimum atomic E-state index is -0.458. The lowest BCUT2D eigenvalue weighted by Crippen LogP contribution is -2.50. The van der Waals surface area contributed by atoms with Gasteiger partial charge in [-0.1, -0.05) is 23.7 Å². The molecular formula is C29H30ClFN4O3. The molecule has 2 bridgehead atoms. The normalized spacial score (nSPS) is 20.2. The van der Waals surface area contributed by atoms with Crippen LogP contribution in [0.3, 0.4) is 0 Å². The molecule has 9 heteroatoms. The van der Waals surface area contributed by atoms with Crippen LogP contribution in [0.5, 0.6) is 5.75 Å². The molecule has 7 nitrogen and oxygen atoms in total. The van der Waals surface area contributed by atoms with E-state index in [1.54, 1.807) is 25.4 Å². The number of amides is 2. The largest absolute Gasteiger partial charge is 0.496 e. The first-order valence-electron chi connectivity index (χ1n) is 12.8. The number of aromatic nitrogens is 1. The maximum Gasteiger partial charge on any atom is 0.253 e. The number of hydrogen-bond donors (Lipinski definition) is 2. The molecule has 0 aliphatic carbocycles. The monoisotopic (exact) mass is 536 g/mol. The van der Waals surface area contributed by atoms with Crippen molar-refractivity contribution in [3.63, 3.8) is 0 Å². The fourth-order valence-electron chi connectivity index (χ4n) is 5.66. The third-order valence-electron chi connectivity index (χ3n) is 7.58. The average Bonchev–Trinajstić information content (AvgIpc) is 3.18. The molecular weight excluding hydrogens is 507 g/mol. The smallest absolute Gasteiger partial charge is 0.253 e. The first kappa shape index (κ1) is 26.0. The molecule has 3 aromatic rings. The minimum Gasteiger partial charge on any atom is -0.496 e. The van der Waals surface area contributed by atoms with Crippen LogP contribution >= 0.6 is 11.6 Å². The van der Waals surface area contributed by atoms with Gasteiger partial charge in [-0.15, -0.1) is 0 Å². The highest BCUT2D eigenvalue weighted by atomic mass is 35.5. The maximum absolute atomic E-state index is 14.0. The zero-order chi connectivity index (χ0) is 26.8. The highest BCUT2D eigenvalue weighted by Gasteiger charge is 2.42. The molecule has 2 aromatic carbocycles. The molecule has 5 rings (SSSR count). The van der Waals surface area contributed by atoms with E-state index in [0.29, 0.717) is 16.9 Å². The predicted octanol–water partition coefficient (Wildman–Crippen LogP) is 5.05. The van der Waals surface area contributed by atoms with Gasteiger partial charge in [0.2, 0.25) is 0 Å². The highest BCUT2D eigenvalue weighted by molar-refractivity contribution is 6.31. The molecule has 0 radical (unpaired) electrons. The lowest BCUT2D eigenvalue weighted by atomic mass is 9.96. The number of carbonyl (C=O) groups excluding carboxylic acids is 2. The van der Waals surface area contributed by atoms with E-state index in [1.165, 1.54) is 12.1 Å².